The molecule has 1 aromatic rings. The highest BCUT2D eigenvalue weighted by Crippen LogP contribution is 2.55. The summed E-state index contributed by atoms with van der Waals surface area (Å²) in [6, 6.07) is 8.59. The van der Waals surface area contributed by atoms with Crippen LogP contribution in [0.4, 0.5) is 5.69 Å². The zero-order valence-electron chi connectivity index (χ0n) is 14.3. The Hall–Kier alpha value is -1.65. The Morgan fingerprint density at radius 2 is 2.21 bits per heavy atom. The molecule has 1 amide bonds. The fraction of sp³-hybridized carbons (Fsp3) is 0.550. The summed E-state index contributed by atoms with van der Waals surface area (Å²) in [7, 11) is 2.20. The second kappa shape index (κ2) is 4.93. The molecule has 5 aliphatic rings. The molecular formula is C20H24N2O2. The summed E-state index contributed by atoms with van der Waals surface area (Å²) in [5, 5.41) is 3.14. The zero-order valence-corrected chi connectivity index (χ0v) is 14.3. The van der Waals surface area contributed by atoms with Crippen molar-refractivity contribution in [3.63, 3.8) is 0 Å². The third kappa shape index (κ3) is 1.68. The predicted octanol–water partition coefficient (Wildman–Crippen LogP) is 2.56. The minimum Gasteiger partial charge on any atom is -0.376 e. The maximum atomic E-state index is 13.2. The number of likely N-dealkylation sites (tertiary alicyclic amines) is 1. The van der Waals surface area contributed by atoms with Gasteiger partial charge in [-0.3, -0.25) is 9.69 Å². The molecule has 1 aliphatic carbocycles. The largest absolute Gasteiger partial charge is 0.376 e. The van der Waals surface area contributed by atoms with Crippen molar-refractivity contribution in [2.75, 3.05) is 25.5 Å². The predicted molar refractivity (Wildman–Crippen MR) is 92.9 cm³/mol. The van der Waals surface area contributed by atoms with E-state index in [0.717, 1.165) is 37.2 Å². The fourth-order valence-electron chi connectivity index (χ4n) is 5.75. The molecule has 126 valence electrons. The first-order chi connectivity index (χ1) is 11.6. The third-order valence-electron chi connectivity index (χ3n) is 6.96. The summed E-state index contributed by atoms with van der Waals surface area (Å²) in [6.07, 6.45) is 4.10. The van der Waals surface area contributed by atoms with Crippen molar-refractivity contribution in [2.45, 2.75) is 37.3 Å². The first-order valence-corrected chi connectivity index (χ1v) is 9.03. The Kier molecular flexibility index (Phi) is 3.01. The molecule has 3 saturated heterocycles. The molecule has 1 saturated carbocycles. The van der Waals surface area contributed by atoms with Gasteiger partial charge in [0.05, 0.1) is 12.7 Å². The van der Waals surface area contributed by atoms with Crippen molar-refractivity contribution in [3.8, 4) is 0 Å². The summed E-state index contributed by atoms with van der Waals surface area (Å²) in [5.74, 6) is 1.21. The summed E-state index contributed by atoms with van der Waals surface area (Å²) in [6.45, 7) is 3.95. The van der Waals surface area contributed by atoms with E-state index >= 15 is 0 Å². The molecule has 1 aromatic carbocycles. The number of nitrogens with one attached hydrogen (secondary N) is 1. The molecule has 4 heteroatoms. The van der Waals surface area contributed by atoms with Gasteiger partial charge in [-0.05, 0) is 44.4 Å². The van der Waals surface area contributed by atoms with Gasteiger partial charge >= 0.3 is 0 Å². The van der Waals surface area contributed by atoms with Gasteiger partial charge in [-0.25, -0.2) is 0 Å². The highest BCUT2D eigenvalue weighted by Gasteiger charge is 2.61. The maximum Gasteiger partial charge on any atom is 0.237 e. The molecule has 4 fully saturated rings. The summed E-state index contributed by atoms with van der Waals surface area (Å²) >= 11 is 0. The molecule has 24 heavy (non-hydrogen) atoms. The highest BCUT2D eigenvalue weighted by molar-refractivity contribution is 6.07. The summed E-state index contributed by atoms with van der Waals surface area (Å²) in [4.78, 5) is 15.6. The van der Waals surface area contributed by atoms with Crippen LogP contribution >= 0.6 is 0 Å². The summed E-state index contributed by atoms with van der Waals surface area (Å²) < 4.78 is 6.33. The number of anilines is 1. The van der Waals surface area contributed by atoms with Gasteiger partial charge < -0.3 is 10.1 Å². The van der Waals surface area contributed by atoms with Gasteiger partial charge in [0.15, 0.2) is 0 Å². The van der Waals surface area contributed by atoms with Crippen molar-refractivity contribution < 1.29 is 9.53 Å². The molecule has 4 heterocycles. The number of piperidine rings is 1. The number of carbonyl (C=O) groups excluding carboxylic acids is 1. The van der Waals surface area contributed by atoms with E-state index in [4.69, 9.17) is 4.74 Å². The number of likely N-dealkylation sites (N-methyl/N-ethyl adjacent to an activating group) is 1. The number of benzene rings is 1. The van der Waals surface area contributed by atoms with Crippen molar-refractivity contribution in [1.29, 1.82) is 0 Å². The van der Waals surface area contributed by atoms with Gasteiger partial charge in [-0.15, -0.1) is 0 Å². The average molecular weight is 324 g/mol. The van der Waals surface area contributed by atoms with Crippen LogP contribution in [-0.4, -0.2) is 43.2 Å². The van der Waals surface area contributed by atoms with Crippen LogP contribution in [0.3, 0.4) is 0 Å². The van der Waals surface area contributed by atoms with Crippen LogP contribution in [0.2, 0.25) is 0 Å². The lowest BCUT2D eigenvalue weighted by Crippen LogP contribution is -2.50. The quantitative estimate of drug-likeness (QED) is 0.746. The van der Waals surface area contributed by atoms with E-state index in [-0.39, 0.29) is 12.0 Å². The van der Waals surface area contributed by atoms with E-state index in [9.17, 15) is 4.79 Å². The number of carbonyl (C=O) groups is 1. The first-order valence-electron chi connectivity index (χ1n) is 9.03. The topological polar surface area (TPSA) is 41.6 Å². The third-order valence-corrected chi connectivity index (χ3v) is 6.96. The molecular weight excluding hydrogens is 300 g/mol. The minimum absolute atomic E-state index is 0.0196. The van der Waals surface area contributed by atoms with E-state index in [1.54, 1.807) is 0 Å². The smallest absolute Gasteiger partial charge is 0.237 e. The van der Waals surface area contributed by atoms with Crippen molar-refractivity contribution in [3.05, 3.63) is 41.5 Å². The number of hydrogen-bond acceptors (Lipinski definition) is 3. The number of fused-ring (bicyclic) bond motifs is 2. The van der Waals surface area contributed by atoms with Crippen molar-refractivity contribution in [1.82, 2.24) is 4.90 Å². The second-order valence-electron chi connectivity index (χ2n) is 7.85. The van der Waals surface area contributed by atoms with Crippen LogP contribution in [-0.2, 0) is 14.9 Å². The van der Waals surface area contributed by atoms with Gasteiger partial charge in [-0.2, -0.15) is 0 Å². The molecule has 4 aliphatic heterocycles. The van der Waals surface area contributed by atoms with Gasteiger partial charge in [0.2, 0.25) is 5.91 Å². The zero-order chi connectivity index (χ0) is 16.5. The molecule has 0 aromatic heterocycles. The highest BCUT2D eigenvalue weighted by atomic mass is 16.5. The lowest BCUT2D eigenvalue weighted by Gasteiger charge is -2.46. The number of allylic oxidation sites excluding steroid dienone is 1. The molecule has 4 nitrogen and oxygen atoms in total. The Balaban J connectivity index is 1.69. The molecule has 5 atom stereocenters. The SMILES string of the molecule is C/C=C1\CN(C)[C@H]2C[C@@]3(C(=O)Nc4ccccc43)[C@H]3C[C@@H]1[C@@H]2CO3. The summed E-state index contributed by atoms with van der Waals surface area (Å²) in [5.41, 5.74) is 3.11. The van der Waals surface area contributed by atoms with Gasteiger partial charge in [-0.1, -0.05) is 29.8 Å². The molecule has 1 N–H and O–H groups in total. The standard InChI is InChI=1S/C20H24N2O2/c1-3-12-10-22(2)17-9-20(18-8-13(12)14(17)11-24-18)15-6-4-5-7-16(15)21-19(20)23/h3-7,13-14,17-18H,8-11H2,1-2H3,(H,21,23)/b12-3+/t13-,14-,17-,18+,20-/m0/s1. The van der Waals surface area contributed by atoms with Gasteiger partial charge in [0, 0.05) is 24.2 Å². The number of nitrogens with zero attached hydrogens (tertiary/aromatic N) is 1. The molecule has 1 spiro atoms. The van der Waals surface area contributed by atoms with Crippen LogP contribution in [0.1, 0.15) is 25.3 Å². The van der Waals surface area contributed by atoms with Crippen LogP contribution in [0.25, 0.3) is 0 Å². The van der Waals surface area contributed by atoms with Crippen molar-refractivity contribution >= 4 is 11.6 Å². The Morgan fingerprint density at radius 3 is 3.04 bits per heavy atom. The van der Waals surface area contributed by atoms with Crippen LogP contribution < -0.4 is 5.32 Å². The average Bonchev–Trinajstić information content (AvgIpc) is 2.72. The Labute approximate surface area is 142 Å². The number of ether oxygens (including phenoxy) is 1. The fourth-order valence-corrected chi connectivity index (χ4v) is 5.75. The monoisotopic (exact) mass is 324 g/mol. The normalized spacial score (nSPS) is 42.2. The Bertz CT molecular complexity index is 743. The van der Waals surface area contributed by atoms with Gasteiger partial charge in [0.1, 0.15) is 5.41 Å². The van der Waals surface area contributed by atoms with Crippen LogP contribution in [0, 0.1) is 11.8 Å². The number of para-hydroxylation sites is 1. The van der Waals surface area contributed by atoms with E-state index in [0.29, 0.717) is 17.9 Å². The molecule has 6 rings (SSSR count). The van der Waals surface area contributed by atoms with E-state index in [1.807, 2.05) is 18.2 Å². The molecule has 0 unspecified atom stereocenters. The first kappa shape index (κ1) is 14.7. The molecule has 0 radical (unpaired) electrons. The number of hydrogen-bond donors (Lipinski definition) is 1. The van der Waals surface area contributed by atoms with E-state index in [1.165, 1.54) is 5.57 Å². The van der Waals surface area contributed by atoms with Crippen LogP contribution in [0.5, 0.6) is 0 Å². The Morgan fingerprint density at radius 1 is 1.38 bits per heavy atom. The minimum atomic E-state index is -0.526. The maximum absolute atomic E-state index is 13.2. The lowest BCUT2D eigenvalue weighted by atomic mass is 9.72. The van der Waals surface area contributed by atoms with Crippen LogP contribution in [0.15, 0.2) is 35.9 Å². The number of amides is 1. The number of rotatable bonds is 0. The lowest BCUT2D eigenvalue weighted by molar-refractivity contribution is -0.129. The van der Waals surface area contributed by atoms with Gasteiger partial charge in [0.25, 0.3) is 0 Å². The second-order valence-corrected chi connectivity index (χ2v) is 7.85. The van der Waals surface area contributed by atoms with E-state index in [2.05, 4.69) is 36.3 Å². The van der Waals surface area contributed by atoms with Crippen molar-refractivity contribution in [2.24, 2.45) is 11.8 Å². The van der Waals surface area contributed by atoms with E-state index < -0.39 is 5.41 Å². The molecule has 4 bridgehead atoms.